The van der Waals surface area contributed by atoms with E-state index in [4.69, 9.17) is 5.73 Å². The molecule has 1 aliphatic heterocycles. The summed E-state index contributed by atoms with van der Waals surface area (Å²) >= 11 is 0. The van der Waals surface area contributed by atoms with Crippen LogP contribution >= 0.6 is 0 Å². The average molecular weight is 211 g/mol. The molecule has 2 aliphatic rings. The first-order valence-electron chi connectivity index (χ1n) is 5.37. The highest BCUT2D eigenvalue weighted by Crippen LogP contribution is 2.41. The maximum Gasteiger partial charge on any atom is 0.317 e. The number of fused-ring (bicyclic) bond motifs is 1. The van der Waals surface area contributed by atoms with Crippen molar-refractivity contribution in [2.24, 2.45) is 23.5 Å². The second-order valence-corrected chi connectivity index (χ2v) is 4.55. The molecule has 5 nitrogen and oxygen atoms in total. The molecule has 0 aromatic heterocycles. The molecule has 15 heavy (non-hydrogen) atoms. The van der Waals surface area contributed by atoms with Crippen molar-refractivity contribution in [3.63, 3.8) is 0 Å². The predicted octanol–water partition coefficient (Wildman–Crippen LogP) is -0.231. The third-order valence-electron chi connectivity index (χ3n) is 3.65. The summed E-state index contributed by atoms with van der Waals surface area (Å²) in [6.07, 6.45) is 1.71. The van der Waals surface area contributed by atoms with Crippen molar-refractivity contribution >= 4 is 11.9 Å². The van der Waals surface area contributed by atoms with Gasteiger partial charge in [0.15, 0.2) is 0 Å². The molecule has 1 saturated carbocycles. The summed E-state index contributed by atoms with van der Waals surface area (Å²) in [5.41, 5.74) is 5.29. The zero-order chi connectivity index (χ0) is 11.0. The van der Waals surface area contributed by atoms with E-state index in [0.29, 0.717) is 11.8 Å². The van der Waals surface area contributed by atoms with Crippen LogP contribution in [-0.2, 0) is 4.79 Å². The van der Waals surface area contributed by atoms with Crippen LogP contribution in [-0.4, -0.2) is 37.0 Å². The number of rotatable bonds is 1. The van der Waals surface area contributed by atoms with E-state index in [1.54, 1.807) is 7.05 Å². The Morgan fingerprint density at radius 1 is 1.27 bits per heavy atom. The molecule has 5 heteroatoms. The van der Waals surface area contributed by atoms with E-state index in [1.807, 2.05) is 4.90 Å². The monoisotopic (exact) mass is 211 g/mol. The summed E-state index contributed by atoms with van der Waals surface area (Å²) in [4.78, 5) is 24.2. The molecule has 0 bridgehead atoms. The Morgan fingerprint density at radius 2 is 1.80 bits per heavy atom. The lowest BCUT2D eigenvalue weighted by atomic mass is 10.0. The normalized spacial score (nSPS) is 33.9. The molecule has 2 rings (SSSR count). The fourth-order valence-electron chi connectivity index (χ4n) is 2.86. The quantitative estimate of drug-likeness (QED) is 0.628. The van der Waals surface area contributed by atoms with Crippen molar-refractivity contribution < 1.29 is 9.59 Å². The zero-order valence-electron chi connectivity index (χ0n) is 8.90. The molecule has 0 spiro atoms. The third kappa shape index (κ3) is 1.78. The van der Waals surface area contributed by atoms with Gasteiger partial charge in [0.2, 0.25) is 5.91 Å². The number of nitrogens with zero attached hydrogens (tertiary/aromatic N) is 1. The van der Waals surface area contributed by atoms with Gasteiger partial charge in [-0.05, 0) is 24.7 Å². The third-order valence-corrected chi connectivity index (χ3v) is 3.65. The van der Waals surface area contributed by atoms with Gasteiger partial charge in [-0.15, -0.1) is 0 Å². The Hall–Kier alpha value is -1.26. The second kappa shape index (κ2) is 3.72. The first kappa shape index (κ1) is 10.3. The van der Waals surface area contributed by atoms with E-state index in [-0.39, 0.29) is 17.9 Å². The summed E-state index contributed by atoms with van der Waals surface area (Å²) in [5, 5.41) is 2.63. The molecule has 2 unspecified atom stereocenters. The highest BCUT2D eigenvalue weighted by Gasteiger charge is 2.43. The zero-order valence-corrected chi connectivity index (χ0v) is 8.90. The van der Waals surface area contributed by atoms with Crippen molar-refractivity contribution in [3.05, 3.63) is 0 Å². The highest BCUT2D eigenvalue weighted by atomic mass is 16.2. The summed E-state index contributed by atoms with van der Waals surface area (Å²) < 4.78 is 0. The van der Waals surface area contributed by atoms with Crippen LogP contribution in [0.5, 0.6) is 0 Å². The van der Waals surface area contributed by atoms with Gasteiger partial charge in [0, 0.05) is 26.1 Å². The maximum absolute atomic E-state index is 11.4. The van der Waals surface area contributed by atoms with Crippen LogP contribution in [0.15, 0.2) is 0 Å². The number of primary amides is 1. The molecule has 1 heterocycles. The number of nitrogens with two attached hydrogens (primary N) is 1. The molecule has 0 radical (unpaired) electrons. The molecule has 84 valence electrons. The van der Waals surface area contributed by atoms with Crippen LogP contribution in [0.25, 0.3) is 0 Å². The lowest BCUT2D eigenvalue weighted by Crippen LogP contribution is -2.37. The largest absolute Gasteiger partial charge is 0.369 e. The smallest absolute Gasteiger partial charge is 0.317 e. The van der Waals surface area contributed by atoms with Gasteiger partial charge >= 0.3 is 6.03 Å². The molecule has 1 saturated heterocycles. The number of amides is 3. The van der Waals surface area contributed by atoms with Crippen LogP contribution in [0.1, 0.15) is 12.8 Å². The SMILES string of the molecule is CNC(=O)N1CC2CC(C(N)=O)CC2C1. The van der Waals surface area contributed by atoms with Gasteiger partial charge in [-0.25, -0.2) is 4.79 Å². The molecule has 3 amide bonds. The van der Waals surface area contributed by atoms with E-state index in [0.717, 1.165) is 25.9 Å². The van der Waals surface area contributed by atoms with Crippen LogP contribution in [0.2, 0.25) is 0 Å². The van der Waals surface area contributed by atoms with E-state index in [9.17, 15) is 9.59 Å². The van der Waals surface area contributed by atoms with Gasteiger partial charge in [-0.1, -0.05) is 0 Å². The number of hydrogen-bond acceptors (Lipinski definition) is 2. The Bertz CT molecular complexity index is 278. The van der Waals surface area contributed by atoms with Gasteiger partial charge in [-0.2, -0.15) is 0 Å². The molecule has 2 fully saturated rings. The molecular formula is C10H17N3O2. The van der Waals surface area contributed by atoms with E-state index < -0.39 is 0 Å². The Balaban J connectivity index is 1.93. The fourth-order valence-corrected chi connectivity index (χ4v) is 2.86. The van der Waals surface area contributed by atoms with Gasteiger partial charge < -0.3 is 16.0 Å². The standard InChI is InChI=1S/C10H17N3O2/c1-12-10(15)13-4-7-2-6(9(11)14)3-8(7)5-13/h6-8H,2-5H2,1H3,(H2,11,14)(H,12,15). The summed E-state index contributed by atoms with van der Waals surface area (Å²) in [5.74, 6) is 0.794. The van der Waals surface area contributed by atoms with Crippen LogP contribution in [0.4, 0.5) is 4.79 Å². The average Bonchev–Trinajstić information content (AvgIpc) is 2.72. The first-order chi connectivity index (χ1) is 7.11. The minimum atomic E-state index is -0.184. The Labute approximate surface area is 89.0 Å². The highest BCUT2D eigenvalue weighted by molar-refractivity contribution is 5.77. The minimum Gasteiger partial charge on any atom is -0.369 e. The van der Waals surface area contributed by atoms with E-state index in [2.05, 4.69) is 5.32 Å². The van der Waals surface area contributed by atoms with Gasteiger partial charge in [-0.3, -0.25) is 4.79 Å². The number of likely N-dealkylation sites (tertiary alicyclic amines) is 1. The predicted molar refractivity (Wildman–Crippen MR) is 54.9 cm³/mol. The minimum absolute atomic E-state index is 0.0139. The fraction of sp³-hybridized carbons (Fsp3) is 0.800. The summed E-state index contributed by atoms with van der Waals surface area (Å²) in [6, 6.07) is -0.0139. The topological polar surface area (TPSA) is 75.4 Å². The number of carbonyl (C=O) groups is 2. The van der Waals surface area contributed by atoms with Gasteiger partial charge in [0.05, 0.1) is 0 Å². The molecule has 0 aromatic rings. The van der Waals surface area contributed by atoms with E-state index in [1.165, 1.54) is 0 Å². The van der Waals surface area contributed by atoms with Crippen LogP contribution in [0.3, 0.4) is 0 Å². The number of nitrogens with one attached hydrogen (secondary N) is 1. The number of hydrogen-bond donors (Lipinski definition) is 2. The van der Waals surface area contributed by atoms with Crippen molar-refractivity contribution in [3.8, 4) is 0 Å². The summed E-state index contributed by atoms with van der Waals surface area (Å²) in [7, 11) is 1.64. The second-order valence-electron chi connectivity index (χ2n) is 4.55. The molecule has 2 atom stereocenters. The van der Waals surface area contributed by atoms with E-state index >= 15 is 0 Å². The number of carbonyl (C=O) groups excluding carboxylic acids is 2. The summed E-state index contributed by atoms with van der Waals surface area (Å²) in [6.45, 7) is 1.54. The van der Waals surface area contributed by atoms with Crippen molar-refractivity contribution in [2.45, 2.75) is 12.8 Å². The van der Waals surface area contributed by atoms with Crippen molar-refractivity contribution in [2.75, 3.05) is 20.1 Å². The maximum atomic E-state index is 11.4. The van der Waals surface area contributed by atoms with Gasteiger partial charge in [0.25, 0.3) is 0 Å². The molecule has 0 aromatic carbocycles. The van der Waals surface area contributed by atoms with Crippen LogP contribution in [0, 0.1) is 17.8 Å². The first-order valence-corrected chi connectivity index (χ1v) is 5.37. The molecule has 1 aliphatic carbocycles. The van der Waals surface area contributed by atoms with Crippen molar-refractivity contribution in [1.29, 1.82) is 0 Å². The van der Waals surface area contributed by atoms with Crippen LogP contribution < -0.4 is 11.1 Å². The number of urea groups is 1. The molecule has 3 N–H and O–H groups in total. The lowest BCUT2D eigenvalue weighted by Gasteiger charge is -2.17. The Kier molecular flexibility index (Phi) is 2.54. The van der Waals surface area contributed by atoms with Gasteiger partial charge in [0.1, 0.15) is 0 Å². The Morgan fingerprint density at radius 3 is 2.20 bits per heavy atom. The lowest BCUT2D eigenvalue weighted by molar-refractivity contribution is -0.121. The van der Waals surface area contributed by atoms with Crippen molar-refractivity contribution in [1.82, 2.24) is 10.2 Å². The molecular weight excluding hydrogens is 194 g/mol.